The molecule has 1 aliphatic heterocycles. The first-order valence-corrected chi connectivity index (χ1v) is 9.67. The molecule has 0 saturated carbocycles. The van der Waals surface area contributed by atoms with Crippen LogP contribution in [-0.4, -0.2) is 59.5 Å². The van der Waals surface area contributed by atoms with Gasteiger partial charge in [-0.25, -0.2) is 9.48 Å². The number of piperidine rings is 1. The zero-order valence-electron chi connectivity index (χ0n) is 16.5. The van der Waals surface area contributed by atoms with E-state index >= 15 is 0 Å². The predicted octanol–water partition coefficient (Wildman–Crippen LogP) is 2.16. The monoisotopic (exact) mass is 384 g/mol. The van der Waals surface area contributed by atoms with Crippen LogP contribution in [0.4, 0.5) is 4.79 Å². The molecule has 0 unspecified atom stereocenters. The Morgan fingerprint density at radius 1 is 1.29 bits per heavy atom. The van der Waals surface area contributed by atoms with Crippen LogP contribution in [0.15, 0.2) is 47.7 Å². The summed E-state index contributed by atoms with van der Waals surface area (Å²) < 4.78 is 6.92. The number of hydrogen-bond acceptors (Lipinski definition) is 4. The van der Waals surface area contributed by atoms with Crippen molar-refractivity contribution in [1.29, 1.82) is 0 Å². The summed E-state index contributed by atoms with van der Waals surface area (Å²) >= 11 is 0. The molecular formula is C20H28N6O2. The molecule has 0 atom stereocenters. The van der Waals surface area contributed by atoms with Crippen molar-refractivity contribution in [2.24, 2.45) is 4.99 Å². The second kappa shape index (κ2) is 9.77. The Hall–Kier alpha value is -3.03. The molecule has 150 valence electrons. The number of aromatic nitrogens is 2. The van der Waals surface area contributed by atoms with Crippen LogP contribution in [0.25, 0.3) is 5.69 Å². The summed E-state index contributed by atoms with van der Waals surface area (Å²) in [5.74, 6) is 0.752. The highest BCUT2D eigenvalue weighted by Gasteiger charge is 2.24. The summed E-state index contributed by atoms with van der Waals surface area (Å²) in [6.07, 6.45) is 5.37. The molecule has 1 amide bonds. The van der Waals surface area contributed by atoms with Crippen molar-refractivity contribution >= 4 is 12.1 Å². The van der Waals surface area contributed by atoms with Gasteiger partial charge < -0.3 is 20.3 Å². The summed E-state index contributed by atoms with van der Waals surface area (Å²) in [4.78, 5) is 17.9. The number of nitrogens with zero attached hydrogens (tertiary/aromatic N) is 4. The maximum absolute atomic E-state index is 11.8. The molecule has 8 nitrogen and oxygen atoms in total. The van der Waals surface area contributed by atoms with Crippen molar-refractivity contribution in [3.05, 3.63) is 48.3 Å². The quantitative estimate of drug-likeness (QED) is 0.610. The number of carbonyl (C=O) groups is 1. The van der Waals surface area contributed by atoms with Gasteiger partial charge in [-0.15, -0.1) is 0 Å². The van der Waals surface area contributed by atoms with Crippen molar-refractivity contribution in [2.45, 2.75) is 32.4 Å². The van der Waals surface area contributed by atoms with E-state index in [1.165, 1.54) is 0 Å². The highest BCUT2D eigenvalue weighted by Crippen LogP contribution is 2.12. The largest absolute Gasteiger partial charge is 0.450 e. The summed E-state index contributed by atoms with van der Waals surface area (Å²) in [6, 6.07) is 10.3. The van der Waals surface area contributed by atoms with Gasteiger partial charge in [0.2, 0.25) is 0 Å². The molecule has 1 aromatic heterocycles. The van der Waals surface area contributed by atoms with Crippen molar-refractivity contribution in [1.82, 2.24) is 25.3 Å². The van der Waals surface area contributed by atoms with Gasteiger partial charge in [0.1, 0.15) is 0 Å². The van der Waals surface area contributed by atoms with E-state index in [-0.39, 0.29) is 12.1 Å². The Morgan fingerprint density at radius 3 is 2.71 bits per heavy atom. The van der Waals surface area contributed by atoms with Crippen LogP contribution in [0.5, 0.6) is 0 Å². The van der Waals surface area contributed by atoms with Crippen molar-refractivity contribution in [2.75, 3.05) is 26.7 Å². The minimum Gasteiger partial charge on any atom is -0.450 e. The van der Waals surface area contributed by atoms with Crippen molar-refractivity contribution in [3.8, 4) is 5.69 Å². The van der Waals surface area contributed by atoms with E-state index in [0.717, 1.165) is 30.1 Å². The first kappa shape index (κ1) is 19.7. The molecule has 3 rings (SSSR count). The van der Waals surface area contributed by atoms with E-state index in [0.29, 0.717) is 26.2 Å². The topological polar surface area (TPSA) is 83.8 Å². The molecule has 0 spiro atoms. The third kappa shape index (κ3) is 5.25. The average Bonchev–Trinajstić information content (AvgIpc) is 3.21. The molecule has 0 aliphatic carbocycles. The van der Waals surface area contributed by atoms with E-state index in [1.807, 2.05) is 54.3 Å². The predicted molar refractivity (Wildman–Crippen MR) is 109 cm³/mol. The van der Waals surface area contributed by atoms with E-state index < -0.39 is 0 Å². The number of benzene rings is 1. The number of guanidine groups is 1. The average molecular weight is 384 g/mol. The first-order valence-electron chi connectivity index (χ1n) is 9.67. The fourth-order valence-corrected chi connectivity index (χ4v) is 3.17. The lowest BCUT2D eigenvalue weighted by Gasteiger charge is -2.32. The maximum atomic E-state index is 11.8. The number of amides is 1. The van der Waals surface area contributed by atoms with Gasteiger partial charge in [0.25, 0.3) is 0 Å². The second-order valence-corrected chi connectivity index (χ2v) is 6.66. The van der Waals surface area contributed by atoms with Crippen LogP contribution in [0, 0.1) is 0 Å². The Balaban J connectivity index is 1.46. The fourth-order valence-electron chi connectivity index (χ4n) is 3.17. The van der Waals surface area contributed by atoms with Crippen LogP contribution < -0.4 is 10.6 Å². The SMILES string of the molecule is CCOC(=O)N1CCC(NC(=NC)NCc2cnn(-c3ccccc3)c2)CC1. The van der Waals surface area contributed by atoms with Crippen LogP contribution in [-0.2, 0) is 11.3 Å². The zero-order valence-corrected chi connectivity index (χ0v) is 16.5. The first-order chi connectivity index (χ1) is 13.7. The van der Waals surface area contributed by atoms with E-state index in [9.17, 15) is 4.79 Å². The molecule has 2 heterocycles. The number of para-hydroxylation sites is 1. The summed E-state index contributed by atoms with van der Waals surface area (Å²) in [5.41, 5.74) is 2.11. The van der Waals surface area contributed by atoms with Gasteiger partial charge in [0.15, 0.2) is 5.96 Å². The molecule has 0 bridgehead atoms. The van der Waals surface area contributed by atoms with Gasteiger partial charge in [0.05, 0.1) is 18.5 Å². The third-order valence-corrected chi connectivity index (χ3v) is 4.70. The number of rotatable bonds is 5. The third-order valence-electron chi connectivity index (χ3n) is 4.70. The van der Waals surface area contributed by atoms with Gasteiger partial charge in [-0.05, 0) is 31.9 Å². The molecule has 0 radical (unpaired) electrons. The minimum atomic E-state index is -0.223. The molecule has 1 aromatic carbocycles. The summed E-state index contributed by atoms with van der Waals surface area (Å²) in [7, 11) is 1.76. The van der Waals surface area contributed by atoms with Crippen LogP contribution >= 0.6 is 0 Å². The Kier molecular flexibility index (Phi) is 6.89. The minimum absolute atomic E-state index is 0.223. The Bertz CT molecular complexity index is 781. The van der Waals surface area contributed by atoms with Gasteiger partial charge in [-0.2, -0.15) is 5.10 Å². The lowest BCUT2D eigenvalue weighted by molar-refractivity contribution is 0.0963. The normalized spacial score (nSPS) is 15.4. The Morgan fingerprint density at radius 2 is 2.04 bits per heavy atom. The number of carbonyl (C=O) groups excluding carboxylic acids is 1. The Labute approximate surface area is 165 Å². The zero-order chi connectivity index (χ0) is 19.8. The number of hydrogen-bond donors (Lipinski definition) is 2. The van der Waals surface area contributed by atoms with E-state index in [2.05, 4.69) is 20.7 Å². The number of likely N-dealkylation sites (tertiary alicyclic amines) is 1. The number of nitrogens with one attached hydrogen (secondary N) is 2. The van der Waals surface area contributed by atoms with Gasteiger partial charge in [0, 0.05) is 44.5 Å². The van der Waals surface area contributed by atoms with Gasteiger partial charge in [-0.3, -0.25) is 4.99 Å². The molecule has 1 aliphatic rings. The molecule has 2 aromatic rings. The molecule has 1 saturated heterocycles. The molecule has 1 fully saturated rings. The standard InChI is InChI=1S/C20H28N6O2/c1-3-28-20(27)25-11-9-17(10-12-25)24-19(21-2)22-13-16-14-23-26(15-16)18-7-5-4-6-8-18/h4-8,14-15,17H,3,9-13H2,1-2H3,(H2,21,22,24). The fraction of sp³-hybridized carbons (Fsp3) is 0.450. The molecule has 28 heavy (non-hydrogen) atoms. The number of aliphatic imine (C=N–C) groups is 1. The highest BCUT2D eigenvalue weighted by atomic mass is 16.6. The van der Waals surface area contributed by atoms with Crippen molar-refractivity contribution in [3.63, 3.8) is 0 Å². The second-order valence-electron chi connectivity index (χ2n) is 6.66. The molecule has 8 heteroatoms. The number of ether oxygens (including phenoxy) is 1. The van der Waals surface area contributed by atoms with Crippen molar-refractivity contribution < 1.29 is 9.53 Å². The molecular weight excluding hydrogens is 356 g/mol. The van der Waals surface area contributed by atoms with E-state index in [1.54, 1.807) is 11.9 Å². The van der Waals surface area contributed by atoms with Crippen LogP contribution in [0.2, 0.25) is 0 Å². The van der Waals surface area contributed by atoms with E-state index in [4.69, 9.17) is 4.74 Å². The maximum Gasteiger partial charge on any atom is 0.409 e. The summed E-state index contributed by atoms with van der Waals surface area (Å²) in [5, 5.41) is 11.2. The van der Waals surface area contributed by atoms with Crippen LogP contribution in [0.1, 0.15) is 25.3 Å². The lowest BCUT2D eigenvalue weighted by Crippen LogP contribution is -2.49. The smallest absolute Gasteiger partial charge is 0.409 e. The van der Waals surface area contributed by atoms with Crippen LogP contribution in [0.3, 0.4) is 0 Å². The highest BCUT2D eigenvalue weighted by molar-refractivity contribution is 5.80. The summed E-state index contributed by atoms with van der Waals surface area (Å²) in [6.45, 7) is 4.25. The molecule has 2 N–H and O–H groups in total. The van der Waals surface area contributed by atoms with Gasteiger partial charge >= 0.3 is 6.09 Å². The van der Waals surface area contributed by atoms with Gasteiger partial charge in [-0.1, -0.05) is 18.2 Å². The lowest BCUT2D eigenvalue weighted by atomic mass is 10.1.